The number of hydrogen-bond acceptors (Lipinski definition) is 6. The largest absolute Gasteiger partial charge is 0.494 e. The van der Waals surface area contributed by atoms with Crippen LogP contribution in [-0.2, 0) is 13.0 Å². The van der Waals surface area contributed by atoms with Crippen molar-refractivity contribution in [1.82, 2.24) is 14.9 Å². The van der Waals surface area contributed by atoms with Crippen molar-refractivity contribution in [1.29, 1.82) is 0 Å². The molecule has 0 amide bonds. The van der Waals surface area contributed by atoms with Gasteiger partial charge in [0.05, 0.1) is 18.7 Å². The summed E-state index contributed by atoms with van der Waals surface area (Å²) in [5.74, 6) is 0.217. The number of rotatable bonds is 6. The lowest BCUT2D eigenvalue weighted by molar-refractivity contribution is 0.114. The first-order valence-electron chi connectivity index (χ1n) is 9.33. The van der Waals surface area contributed by atoms with E-state index in [0.29, 0.717) is 29.8 Å². The second-order valence-corrected chi connectivity index (χ2v) is 7.01. The molecule has 4 rings (SSSR count). The molecule has 2 heterocycles. The number of methoxy groups -OCH3 is 1. The number of ether oxygens (including phenoxy) is 1. The van der Waals surface area contributed by atoms with Gasteiger partial charge in [-0.3, -0.25) is 4.90 Å². The molecule has 0 saturated heterocycles. The predicted octanol–water partition coefficient (Wildman–Crippen LogP) is 2.61. The minimum absolute atomic E-state index is 0.137. The number of aromatic nitrogens is 2. The van der Waals surface area contributed by atoms with Crippen molar-refractivity contribution in [3.05, 3.63) is 59.7 Å². The molecule has 2 aromatic carbocycles. The number of anilines is 1. The Bertz CT molecular complexity index is 982. The molecular weight excluding hydrogens is 359 g/mol. The van der Waals surface area contributed by atoms with Crippen molar-refractivity contribution in [2.45, 2.75) is 19.1 Å². The number of nitrogens with one attached hydrogen (secondary N) is 1. The van der Waals surface area contributed by atoms with Crippen molar-refractivity contribution >= 4 is 16.7 Å². The molecule has 0 spiro atoms. The summed E-state index contributed by atoms with van der Waals surface area (Å²) >= 11 is 0. The highest BCUT2D eigenvalue weighted by Gasteiger charge is 2.19. The van der Waals surface area contributed by atoms with Crippen molar-refractivity contribution in [2.24, 2.45) is 0 Å². The Morgan fingerprint density at radius 2 is 2.07 bits per heavy atom. The maximum Gasteiger partial charge on any atom is 0.167 e. The van der Waals surface area contributed by atoms with Crippen LogP contribution in [0.5, 0.6) is 5.75 Å². The molecule has 0 bridgehead atoms. The first kappa shape index (κ1) is 18.6. The van der Waals surface area contributed by atoms with Crippen molar-refractivity contribution in [3.63, 3.8) is 0 Å². The summed E-state index contributed by atoms with van der Waals surface area (Å²) < 4.78 is 18.9. The van der Waals surface area contributed by atoms with Crippen LogP contribution in [0.4, 0.5) is 10.2 Å². The van der Waals surface area contributed by atoms with Gasteiger partial charge in [0, 0.05) is 37.6 Å². The van der Waals surface area contributed by atoms with Gasteiger partial charge in [0.1, 0.15) is 12.1 Å². The molecule has 1 aliphatic rings. The van der Waals surface area contributed by atoms with Gasteiger partial charge in [-0.2, -0.15) is 0 Å². The molecule has 1 unspecified atom stereocenters. The van der Waals surface area contributed by atoms with Gasteiger partial charge < -0.3 is 15.2 Å². The first-order chi connectivity index (χ1) is 13.6. The molecule has 3 aromatic rings. The number of fused-ring (bicyclic) bond motifs is 2. The van der Waals surface area contributed by atoms with Crippen LogP contribution in [0.15, 0.2) is 42.7 Å². The first-order valence-corrected chi connectivity index (χ1v) is 9.33. The van der Waals surface area contributed by atoms with Crippen LogP contribution in [0, 0.1) is 5.82 Å². The van der Waals surface area contributed by atoms with Crippen molar-refractivity contribution in [3.8, 4) is 5.75 Å². The fraction of sp³-hybridized carbons (Fsp3) is 0.333. The zero-order valence-electron chi connectivity index (χ0n) is 15.7. The van der Waals surface area contributed by atoms with Crippen molar-refractivity contribution in [2.75, 3.05) is 32.1 Å². The normalized spacial score (nSPS) is 15.2. The molecule has 1 aromatic heterocycles. The second kappa shape index (κ2) is 8.08. The third kappa shape index (κ3) is 3.90. The Labute approximate surface area is 163 Å². The van der Waals surface area contributed by atoms with E-state index < -0.39 is 11.9 Å². The Hall–Kier alpha value is -2.77. The smallest absolute Gasteiger partial charge is 0.167 e. The van der Waals surface area contributed by atoms with Crippen LogP contribution >= 0.6 is 0 Å². The lowest BCUT2D eigenvalue weighted by Gasteiger charge is -2.30. The van der Waals surface area contributed by atoms with Crippen LogP contribution in [0.25, 0.3) is 10.9 Å². The van der Waals surface area contributed by atoms with E-state index in [9.17, 15) is 9.50 Å². The summed E-state index contributed by atoms with van der Waals surface area (Å²) in [7, 11) is 1.42. The van der Waals surface area contributed by atoms with Gasteiger partial charge in [0.25, 0.3) is 0 Å². The maximum atomic E-state index is 13.9. The number of aliphatic hydroxyl groups excluding tert-OH is 1. The third-order valence-electron chi connectivity index (χ3n) is 5.09. The Morgan fingerprint density at radius 1 is 1.25 bits per heavy atom. The van der Waals surface area contributed by atoms with Crippen LogP contribution < -0.4 is 10.1 Å². The van der Waals surface area contributed by atoms with E-state index in [-0.39, 0.29) is 5.75 Å². The average Bonchev–Trinajstić information content (AvgIpc) is 2.71. The van der Waals surface area contributed by atoms with E-state index in [2.05, 4.69) is 44.5 Å². The molecule has 1 atom stereocenters. The zero-order valence-corrected chi connectivity index (χ0v) is 15.7. The summed E-state index contributed by atoms with van der Waals surface area (Å²) in [6.45, 7) is 2.69. The third-order valence-corrected chi connectivity index (χ3v) is 5.09. The number of hydrogen-bond donors (Lipinski definition) is 2. The summed E-state index contributed by atoms with van der Waals surface area (Å²) in [6.07, 6.45) is 1.82. The van der Waals surface area contributed by atoms with Gasteiger partial charge in [-0.05, 0) is 23.6 Å². The van der Waals surface area contributed by atoms with Gasteiger partial charge >= 0.3 is 0 Å². The number of halogens is 1. The van der Waals surface area contributed by atoms with Crippen molar-refractivity contribution < 1.29 is 14.2 Å². The minimum atomic E-state index is -0.558. The summed E-state index contributed by atoms with van der Waals surface area (Å²) in [5, 5.41) is 14.3. The summed E-state index contributed by atoms with van der Waals surface area (Å²) in [5.41, 5.74) is 3.20. The monoisotopic (exact) mass is 382 g/mol. The number of β-amino-alcohol motifs (C(OH)–C–C–N with tert-alkyl or cyclic N) is 1. The van der Waals surface area contributed by atoms with Crippen LogP contribution in [0.2, 0.25) is 0 Å². The van der Waals surface area contributed by atoms with E-state index in [1.807, 2.05) is 0 Å². The Balaban J connectivity index is 1.40. The highest BCUT2D eigenvalue weighted by molar-refractivity contribution is 5.90. The van der Waals surface area contributed by atoms with Gasteiger partial charge in [-0.25, -0.2) is 14.4 Å². The standard InChI is InChI=1S/C21H23FN4O2/c1-28-20-8-17-19(9-18(20)22)24-13-25-21(17)23-10-16(27)12-26-7-6-14-4-2-3-5-15(14)11-26/h2-5,8-9,13,16,27H,6-7,10-12H2,1H3,(H,23,24,25). The molecular formula is C21H23FN4O2. The Kier molecular flexibility index (Phi) is 5.36. The number of aliphatic hydroxyl groups is 1. The molecule has 1 aliphatic heterocycles. The quantitative estimate of drug-likeness (QED) is 0.683. The van der Waals surface area contributed by atoms with E-state index >= 15 is 0 Å². The molecule has 7 heteroatoms. The average molecular weight is 382 g/mol. The summed E-state index contributed by atoms with van der Waals surface area (Å²) in [4.78, 5) is 10.6. The van der Waals surface area contributed by atoms with E-state index in [1.165, 1.54) is 30.6 Å². The molecule has 0 aliphatic carbocycles. The van der Waals surface area contributed by atoms with Gasteiger partial charge in [-0.1, -0.05) is 24.3 Å². The van der Waals surface area contributed by atoms with Gasteiger partial charge in [-0.15, -0.1) is 0 Å². The number of nitrogens with zero attached hydrogens (tertiary/aromatic N) is 3. The van der Waals surface area contributed by atoms with Crippen LogP contribution in [0.3, 0.4) is 0 Å². The lowest BCUT2D eigenvalue weighted by Crippen LogP contribution is -2.39. The predicted molar refractivity (Wildman–Crippen MR) is 106 cm³/mol. The van der Waals surface area contributed by atoms with Crippen LogP contribution in [0.1, 0.15) is 11.1 Å². The number of benzene rings is 2. The molecule has 0 radical (unpaired) electrons. The molecule has 6 nitrogen and oxygen atoms in total. The van der Waals surface area contributed by atoms with Crippen LogP contribution in [-0.4, -0.2) is 52.8 Å². The summed E-state index contributed by atoms with van der Waals surface area (Å²) in [6, 6.07) is 11.3. The fourth-order valence-electron chi connectivity index (χ4n) is 3.64. The van der Waals surface area contributed by atoms with E-state index in [1.54, 1.807) is 6.07 Å². The SMILES string of the molecule is COc1cc2c(NCC(O)CN3CCc4ccccc4C3)ncnc2cc1F. The minimum Gasteiger partial charge on any atom is -0.494 e. The highest BCUT2D eigenvalue weighted by atomic mass is 19.1. The van der Waals surface area contributed by atoms with Gasteiger partial charge in [0.2, 0.25) is 0 Å². The molecule has 2 N–H and O–H groups in total. The molecule has 28 heavy (non-hydrogen) atoms. The maximum absolute atomic E-state index is 13.9. The topological polar surface area (TPSA) is 70.5 Å². The highest BCUT2D eigenvalue weighted by Crippen LogP contribution is 2.27. The fourth-order valence-corrected chi connectivity index (χ4v) is 3.64. The van der Waals surface area contributed by atoms with E-state index in [0.717, 1.165) is 19.5 Å². The molecule has 146 valence electrons. The van der Waals surface area contributed by atoms with Gasteiger partial charge in [0.15, 0.2) is 11.6 Å². The lowest BCUT2D eigenvalue weighted by atomic mass is 10.00. The Morgan fingerprint density at radius 3 is 2.89 bits per heavy atom. The van der Waals surface area contributed by atoms with E-state index in [4.69, 9.17) is 4.74 Å². The second-order valence-electron chi connectivity index (χ2n) is 7.01. The molecule has 0 saturated carbocycles. The molecule has 0 fully saturated rings. The zero-order chi connectivity index (χ0) is 19.5.